The van der Waals surface area contributed by atoms with E-state index in [1.54, 1.807) is 4.68 Å². The van der Waals surface area contributed by atoms with Crippen LogP contribution in [0.2, 0.25) is 0 Å². The van der Waals surface area contributed by atoms with Crippen molar-refractivity contribution in [1.82, 2.24) is 20.2 Å². The van der Waals surface area contributed by atoms with Crippen LogP contribution >= 0.6 is 11.8 Å². The quantitative estimate of drug-likeness (QED) is 0.839. The monoisotopic (exact) mass is 278 g/mol. The fourth-order valence-corrected chi connectivity index (χ4v) is 2.51. The van der Waals surface area contributed by atoms with Gasteiger partial charge in [-0.1, -0.05) is 36.0 Å². The fourth-order valence-electron chi connectivity index (χ4n) is 1.84. The number of aliphatic carboxylic acids is 1. The molecule has 6 nitrogen and oxygen atoms in total. The van der Waals surface area contributed by atoms with E-state index in [1.807, 2.05) is 38.1 Å². The summed E-state index contributed by atoms with van der Waals surface area (Å²) in [5.41, 5.74) is 2.27. The molecule has 0 fully saturated rings. The fraction of sp³-hybridized carbons (Fsp3) is 0.333. The lowest BCUT2D eigenvalue weighted by Gasteiger charge is -2.15. The molecule has 19 heavy (non-hydrogen) atoms. The van der Waals surface area contributed by atoms with E-state index in [0.29, 0.717) is 5.16 Å². The third-order valence-corrected chi connectivity index (χ3v) is 3.71. The van der Waals surface area contributed by atoms with Crippen molar-refractivity contribution < 1.29 is 9.90 Å². The molecule has 1 heterocycles. The van der Waals surface area contributed by atoms with E-state index in [4.69, 9.17) is 5.11 Å². The maximum Gasteiger partial charge on any atom is 0.313 e. The summed E-state index contributed by atoms with van der Waals surface area (Å²) in [5.74, 6) is -0.941. The van der Waals surface area contributed by atoms with Crippen LogP contribution in [0.3, 0.4) is 0 Å². The molecule has 0 aliphatic rings. The van der Waals surface area contributed by atoms with Crippen molar-refractivity contribution in [3.63, 3.8) is 0 Å². The predicted octanol–water partition coefficient (Wildman–Crippen LogP) is 1.77. The van der Waals surface area contributed by atoms with Crippen LogP contribution in [-0.2, 0) is 4.79 Å². The van der Waals surface area contributed by atoms with Crippen LogP contribution in [0.5, 0.6) is 0 Å². The number of benzene rings is 1. The third kappa shape index (κ3) is 3.11. The number of tetrazole rings is 1. The summed E-state index contributed by atoms with van der Waals surface area (Å²) in [6.45, 7) is 4.02. The molecular weight excluding hydrogens is 264 g/mol. The molecule has 7 heteroatoms. The van der Waals surface area contributed by atoms with Crippen molar-refractivity contribution in [1.29, 1.82) is 0 Å². The van der Waals surface area contributed by atoms with Crippen molar-refractivity contribution in [2.75, 3.05) is 5.75 Å². The Bertz CT molecular complexity index is 585. The van der Waals surface area contributed by atoms with Crippen molar-refractivity contribution in [2.24, 2.45) is 0 Å². The largest absolute Gasteiger partial charge is 0.481 e. The first-order valence-corrected chi connectivity index (χ1v) is 6.76. The normalized spacial score (nSPS) is 12.3. The molecule has 2 aromatic rings. The number of hydrogen-bond acceptors (Lipinski definition) is 5. The average molecular weight is 278 g/mol. The number of thioether (sulfide) groups is 1. The summed E-state index contributed by atoms with van der Waals surface area (Å²) in [5, 5.41) is 20.7. The van der Waals surface area contributed by atoms with E-state index in [2.05, 4.69) is 15.5 Å². The highest BCUT2D eigenvalue weighted by atomic mass is 32.2. The molecule has 100 valence electrons. The van der Waals surface area contributed by atoms with Gasteiger partial charge in [-0.25, -0.2) is 4.68 Å². The highest BCUT2D eigenvalue weighted by Crippen LogP contribution is 2.24. The summed E-state index contributed by atoms with van der Waals surface area (Å²) in [7, 11) is 0. The molecule has 0 saturated heterocycles. The number of carboxylic acids is 1. The second kappa shape index (κ2) is 5.83. The molecule has 0 spiro atoms. The number of aryl methyl sites for hydroxylation is 1. The third-order valence-electron chi connectivity index (χ3n) is 2.79. The molecule has 1 unspecified atom stereocenters. The van der Waals surface area contributed by atoms with Gasteiger partial charge in [-0.2, -0.15) is 0 Å². The maximum atomic E-state index is 10.6. The van der Waals surface area contributed by atoms with Crippen LogP contribution in [0.4, 0.5) is 0 Å². The molecule has 0 amide bonds. The minimum absolute atomic E-state index is 0.0347. The lowest BCUT2D eigenvalue weighted by atomic mass is 10.0. The first kappa shape index (κ1) is 13.5. The molecular formula is C12H14N4O2S. The molecule has 1 aromatic carbocycles. The van der Waals surface area contributed by atoms with Gasteiger partial charge in [0.15, 0.2) is 0 Å². The van der Waals surface area contributed by atoms with Crippen LogP contribution in [0.25, 0.3) is 0 Å². The van der Waals surface area contributed by atoms with Gasteiger partial charge in [0.1, 0.15) is 0 Å². The average Bonchev–Trinajstić information content (AvgIpc) is 2.84. The highest BCUT2D eigenvalue weighted by Gasteiger charge is 2.17. The lowest BCUT2D eigenvalue weighted by molar-refractivity contribution is -0.133. The van der Waals surface area contributed by atoms with Crippen LogP contribution in [0.1, 0.15) is 24.1 Å². The lowest BCUT2D eigenvalue weighted by Crippen LogP contribution is -2.12. The molecule has 0 bridgehead atoms. The predicted molar refractivity (Wildman–Crippen MR) is 71.2 cm³/mol. The Morgan fingerprint density at radius 3 is 2.89 bits per heavy atom. The van der Waals surface area contributed by atoms with Crippen molar-refractivity contribution in [2.45, 2.75) is 25.0 Å². The Morgan fingerprint density at radius 1 is 1.47 bits per heavy atom. The first-order chi connectivity index (χ1) is 9.09. The zero-order valence-electron chi connectivity index (χ0n) is 10.6. The topological polar surface area (TPSA) is 80.9 Å². The van der Waals surface area contributed by atoms with Gasteiger partial charge in [-0.3, -0.25) is 4.79 Å². The molecule has 0 radical (unpaired) electrons. The van der Waals surface area contributed by atoms with E-state index < -0.39 is 5.97 Å². The van der Waals surface area contributed by atoms with Gasteiger partial charge < -0.3 is 5.11 Å². The number of carbonyl (C=O) groups is 1. The van der Waals surface area contributed by atoms with E-state index >= 15 is 0 Å². The van der Waals surface area contributed by atoms with Crippen LogP contribution in [0, 0.1) is 6.92 Å². The Hall–Kier alpha value is -1.89. The van der Waals surface area contributed by atoms with Crippen LogP contribution in [-0.4, -0.2) is 37.0 Å². The second-order valence-electron chi connectivity index (χ2n) is 4.12. The zero-order chi connectivity index (χ0) is 13.8. The Labute approximate surface area is 114 Å². The van der Waals surface area contributed by atoms with Gasteiger partial charge >= 0.3 is 5.97 Å². The minimum atomic E-state index is -0.886. The second-order valence-corrected chi connectivity index (χ2v) is 5.06. The Balaban J connectivity index is 2.25. The summed E-state index contributed by atoms with van der Waals surface area (Å²) >= 11 is 1.12. The van der Waals surface area contributed by atoms with Crippen molar-refractivity contribution >= 4 is 17.7 Å². The molecule has 0 saturated carbocycles. The van der Waals surface area contributed by atoms with Gasteiger partial charge in [0.25, 0.3) is 0 Å². The Kier molecular flexibility index (Phi) is 4.16. The van der Waals surface area contributed by atoms with E-state index in [-0.39, 0.29) is 11.8 Å². The van der Waals surface area contributed by atoms with Gasteiger partial charge in [0.05, 0.1) is 11.8 Å². The highest BCUT2D eigenvalue weighted by molar-refractivity contribution is 7.99. The van der Waals surface area contributed by atoms with Crippen LogP contribution < -0.4 is 0 Å². The zero-order valence-corrected chi connectivity index (χ0v) is 11.5. The number of hydrogen-bond donors (Lipinski definition) is 1. The van der Waals surface area contributed by atoms with E-state index in [9.17, 15) is 4.79 Å². The number of aromatic nitrogens is 4. The standard InChI is InChI=1S/C12H14N4O2S/c1-8-5-3-4-6-10(8)9(2)16-12(13-14-15-16)19-7-11(17)18/h3-6,9H,7H2,1-2H3,(H,17,18). The summed E-state index contributed by atoms with van der Waals surface area (Å²) in [4.78, 5) is 10.6. The summed E-state index contributed by atoms with van der Waals surface area (Å²) in [6, 6.07) is 7.96. The van der Waals surface area contributed by atoms with Gasteiger partial charge in [-0.05, 0) is 35.4 Å². The molecule has 2 rings (SSSR count). The van der Waals surface area contributed by atoms with E-state index in [1.165, 1.54) is 0 Å². The van der Waals surface area contributed by atoms with Gasteiger partial charge in [-0.15, -0.1) is 5.10 Å². The van der Waals surface area contributed by atoms with Gasteiger partial charge in [0, 0.05) is 0 Å². The number of nitrogens with zero attached hydrogens (tertiary/aromatic N) is 4. The van der Waals surface area contributed by atoms with Crippen molar-refractivity contribution in [3.8, 4) is 0 Å². The number of carboxylic acid groups (broad SMARTS) is 1. The summed E-state index contributed by atoms with van der Waals surface area (Å²) in [6.07, 6.45) is 0. The van der Waals surface area contributed by atoms with Gasteiger partial charge in [0.2, 0.25) is 5.16 Å². The van der Waals surface area contributed by atoms with E-state index in [0.717, 1.165) is 22.9 Å². The number of rotatable bonds is 5. The SMILES string of the molecule is Cc1ccccc1C(C)n1nnnc1SCC(=O)O. The molecule has 1 N–H and O–H groups in total. The minimum Gasteiger partial charge on any atom is -0.481 e. The van der Waals surface area contributed by atoms with Crippen molar-refractivity contribution in [3.05, 3.63) is 35.4 Å². The molecule has 0 aliphatic carbocycles. The smallest absolute Gasteiger partial charge is 0.313 e. The maximum absolute atomic E-state index is 10.6. The molecule has 1 atom stereocenters. The summed E-state index contributed by atoms with van der Waals surface area (Å²) < 4.78 is 1.65. The molecule has 1 aromatic heterocycles. The molecule has 0 aliphatic heterocycles. The van der Waals surface area contributed by atoms with Crippen LogP contribution in [0.15, 0.2) is 29.4 Å². The Morgan fingerprint density at radius 2 is 2.21 bits per heavy atom. The first-order valence-electron chi connectivity index (χ1n) is 5.77.